The summed E-state index contributed by atoms with van der Waals surface area (Å²) in [5.74, 6) is 0.874. The van der Waals surface area contributed by atoms with Gasteiger partial charge in [-0.3, -0.25) is 0 Å². The molecule has 81 valence electrons. The zero-order chi connectivity index (χ0) is 10.7. The molecule has 1 fully saturated rings. The van der Waals surface area contributed by atoms with E-state index in [0.29, 0.717) is 0 Å². The van der Waals surface area contributed by atoms with Gasteiger partial charge in [-0.2, -0.15) is 0 Å². The maximum atomic E-state index is 5.72. The second-order valence-corrected chi connectivity index (χ2v) is 3.71. The number of benzene rings is 1. The van der Waals surface area contributed by atoms with Crippen molar-refractivity contribution < 1.29 is 9.47 Å². The SMILES string of the molecule is COc1ccc(C2OCC[N]C2C)cc1. The fourth-order valence-corrected chi connectivity index (χ4v) is 1.84. The lowest BCUT2D eigenvalue weighted by molar-refractivity contribution is -0.00221. The molecule has 1 aliphatic rings. The Balaban J connectivity index is 2.13. The van der Waals surface area contributed by atoms with Crippen LogP contribution in [0, 0.1) is 0 Å². The third kappa shape index (κ3) is 2.30. The lowest BCUT2D eigenvalue weighted by Gasteiger charge is -2.29. The van der Waals surface area contributed by atoms with E-state index in [4.69, 9.17) is 9.47 Å². The highest BCUT2D eigenvalue weighted by Gasteiger charge is 2.24. The van der Waals surface area contributed by atoms with Crippen molar-refractivity contribution in [3.05, 3.63) is 29.8 Å². The Bertz CT molecular complexity index is 310. The smallest absolute Gasteiger partial charge is 0.118 e. The summed E-state index contributed by atoms with van der Waals surface area (Å²) in [5, 5.41) is 4.47. The molecule has 1 radical (unpaired) electrons. The first-order chi connectivity index (χ1) is 7.31. The summed E-state index contributed by atoms with van der Waals surface area (Å²) in [6, 6.07) is 8.24. The van der Waals surface area contributed by atoms with E-state index in [1.165, 1.54) is 5.56 Å². The van der Waals surface area contributed by atoms with Crippen LogP contribution in [-0.4, -0.2) is 26.3 Å². The average molecular weight is 206 g/mol. The van der Waals surface area contributed by atoms with Crippen molar-refractivity contribution >= 4 is 0 Å². The minimum absolute atomic E-state index is 0.102. The Morgan fingerprint density at radius 1 is 1.33 bits per heavy atom. The van der Waals surface area contributed by atoms with Crippen LogP contribution in [0.1, 0.15) is 18.6 Å². The molecule has 1 heterocycles. The molecular weight excluding hydrogens is 190 g/mol. The van der Waals surface area contributed by atoms with Gasteiger partial charge in [0.1, 0.15) is 5.75 Å². The molecule has 1 aromatic carbocycles. The molecule has 0 saturated carbocycles. The number of nitrogens with zero attached hydrogens (tertiary/aromatic N) is 1. The lowest BCUT2D eigenvalue weighted by atomic mass is 10.0. The molecule has 1 saturated heterocycles. The van der Waals surface area contributed by atoms with E-state index in [0.717, 1.165) is 18.9 Å². The van der Waals surface area contributed by atoms with Crippen LogP contribution in [0.5, 0.6) is 5.75 Å². The molecule has 2 rings (SSSR count). The minimum Gasteiger partial charge on any atom is -0.497 e. The summed E-state index contributed by atoms with van der Waals surface area (Å²) in [5.41, 5.74) is 1.17. The molecule has 2 unspecified atom stereocenters. The first-order valence-electron chi connectivity index (χ1n) is 5.23. The summed E-state index contributed by atoms with van der Waals surface area (Å²) in [6.07, 6.45) is 0.102. The molecule has 0 aromatic heterocycles. The fourth-order valence-electron chi connectivity index (χ4n) is 1.84. The van der Waals surface area contributed by atoms with Gasteiger partial charge < -0.3 is 9.47 Å². The minimum atomic E-state index is 0.102. The molecule has 3 nitrogen and oxygen atoms in total. The molecule has 0 aliphatic carbocycles. The highest BCUT2D eigenvalue weighted by molar-refractivity contribution is 5.29. The lowest BCUT2D eigenvalue weighted by Crippen LogP contribution is -2.36. The molecule has 0 amide bonds. The topological polar surface area (TPSA) is 32.6 Å². The van der Waals surface area contributed by atoms with Gasteiger partial charge in [-0.1, -0.05) is 12.1 Å². The third-order valence-electron chi connectivity index (χ3n) is 2.69. The highest BCUT2D eigenvalue weighted by Crippen LogP contribution is 2.25. The second kappa shape index (κ2) is 4.64. The Kier molecular flexibility index (Phi) is 3.23. The summed E-state index contributed by atoms with van der Waals surface area (Å²) in [4.78, 5) is 0. The normalized spacial score (nSPS) is 26.3. The Labute approximate surface area is 90.4 Å². The monoisotopic (exact) mass is 206 g/mol. The maximum absolute atomic E-state index is 5.72. The standard InChI is InChI=1S/C12H16NO2/c1-9-12(15-8-7-13-9)10-3-5-11(14-2)6-4-10/h3-6,9,12H,7-8H2,1-2H3. The van der Waals surface area contributed by atoms with Crippen LogP contribution in [0.25, 0.3) is 0 Å². The zero-order valence-electron chi connectivity index (χ0n) is 9.14. The molecule has 2 atom stereocenters. The van der Waals surface area contributed by atoms with E-state index in [9.17, 15) is 0 Å². The van der Waals surface area contributed by atoms with Gasteiger partial charge in [-0.25, -0.2) is 5.32 Å². The Morgan fingerprint density at radius 2 is 2.07 bits per heavy atom. The molecule has 1 aliphatic heterocycles. The van der Waals surface area contributed by atoms with Crippen molar-refractivity contribution in [3.8, 4) is 5.75 Å². The molecule has 0 N–H and O–H groups in total. The highest BCUT2D eigenvalue weighted by atomic mass is 16.5. The molecule has 3 heteroatoms. The largest absolute Gasteiger partial charge is 0.497 e. The van der Waals surface area contributed by atoms with Crippen molar-refractivity contribution in [2.45, 2.75) is 19.1 Å². The van der Waals surface area contributed by atoms with Gasteiger partial charge >= 0.3 is 0 Å². The van der Waals surface area contributed by atoms with Crippen LogP contribution >= 0.6 is 0 Å². The van der Waals surface area contributed by atoms with Crippen LogP contribution in [0.4, 0.5) is 0 Å². The van der Waals surface area contributed by atoms with Crippen LogP contribution < -0.4 is 10.1 Å². The maximum Gasteiger partial charge on any atom is 0.118 e. The number of ether oxygens (including phenoxy) is 2. The van der Waals surface area contributed by atoms with E-state index in [2.05, 4.69) is 12.2 Å². The van der Waals surface area contributed by atoms with Crippen LogP contribution in [0.2, 0.25) is 0 Å². The van der Waals surface area contributed by atoms with E-state index in [-0.39, 0.29) is 12.1 Å². The van der Waals surface area contributed by atoms with Crippen LogP contribution in [0.3, 0.4) is 0 Å². The summed E-state index contributed by atoms with van der Waals surface area (Å²) in [6.45, 7) is 3.63. The summed E-state index contributed by atoms with van der Waals surface area (Å²) < 4.78 is 10.8. The molecule has 1 aromatic rings. The quantitative estimate of drug-likeness (QED) is 0.738. The first kappa shape index (κ1) is 10.5. The van der Waals surface area contributed by atoms with Crippen molar-refractivity contribution in [1.82, 2.24) is 5.32 Å². The third-order valence-corrected chi connectivity index (χ3v) is 2.69. The number of hydrogen-bond donors (Lipinski definition) is 0. The van der Waals surface area contributed by atoms with Gasteiger partial charge in [-0.05, 0) is 24.6 Å². The number of methoxy groups -OCH3 is 1. The average Bonchev–Trinajstić information content (AvgIpc) is 2.30. The molecule has 0 spiro atoms. The predicted molar refractivity (Wildman–Crippen MR) is 58.2 cm³/mol. The van der Waals surface area contributed by atoms with Crippen molar-refractivity contribution in [1.29, 1.82) is 0 Å². The van der Waals surface area contributed by atoms with Gasteiger partial charge in [0.25, 0.3) is 0 Å². The summed E-state index contributed by atoms with van der Waals surface area (Å²) >= 11 is 0. The van der Waals surface area contributed by atoms with Crippen molar-refractivity contribution in [2.75, 3.05) is 20.3 Å². The van der Waals surface area contributed by atoms with Crippen LogP contribution in [-0.2, 0) is 4.74 Å². The molecule has 0 bridgehead atoms. The number of morpholine rings is 1. The molecular formula is C12H16NO2. The van der Waals surface area contributed by atoms with E-state index in [1.807, 2.05) is 24.3 Å². The van der Waals surface area contributed by atoms with Crippen molar-refractivity contribution in [2.24, 2.45) is 0 Å². The van der Waals surface area contributed by atoms with Crippen molar-refractivity contribution in [3.63, 3.8) is 0 Å². The number of hydrogen-bond acceptors (Lipinski definition) is 2. The van der Waals surface area contributed by atoms with Gasteiger partial charge in [0.2, 0.25) is 0 Å². The van der Waals surface area contributed by atoms with E-state index < -0.39 is 0 Å². The fraction of sp³-hybridized carbons (Fsp3) is 0.500. The van der Waals surface area contributed by atoms with Crippen LogP contribution in [0.15, 0.2) is 24.3 Å². The predicted octanol–water partition coefficient (Wildman–Crippen LogP) is 1.76. The zero-order valence-corrected chi connectivity index (χ0v) is 9.14. The summed E-state index contributed by atoms with van der Waals surface area (Å²) in [7, 11) is 1.67. The van der Waals surface area contributed by atoms with Gasteiger partial charge in [0.15, 0.2) is 0 Å². The van der Waals surface area contributed by atoms with Gasteiger partial charge in [-0.15, -0.1) is 0 Å². The van der Waals surface area contributed by atoms with Gasteiger partial charge in [0, 0.05) is 6.54 Å². The van der Waals surface area contributed by atoms with Gasteiger partial charge in [0.05, 0.1) is 25.9 Å². The number of rotatable bonds is 2. The van der Waals surface area contributed by atoms with E-state index >= 15 is 0 Å². The first-order valence-corrected chi connectivity index (χ1v) is 5.23. The molecule has 15 heavy (non-hydrogen) atoms. The Morgan fingerprint density at radius 3 is 2.67 bits per heavy atom. The second-order valence-electron chi connectivity index (χ2n) is 3.71. The Hall–Kier alpha value is -1.06. The van der Waals surface area contributed by atoms with E-state index in [1.54, 1.807) is 7.11 Å².